The summed E-state index contributed by atoms with van der Waals surface area (Å²) in [6.07, 6.45) is 5.34. The molecule has 6 heteroatoms. The van der Waals surface area contributed by atoms with Crippen molar-refractivity contribution in [2.45, 2.75) is 13.0 Å². The average molecular weight is 360 g/mol. The van der Waals surface area contributed by atoms with Crippen molar-refractivity contribution in [3.05, 3.63) is 82.4 Å². The van der Waals surface area contributed by atoms with Crippen molar-refractivity contribution in [3.8, 4) is 5.69 Å². The summed E-state index contributed by atoms with van der Waals surface area (Å²) in [6, 6.07) is 12.6. The number of nitrogens with zero attached hydrogens (tertiary/aromatic N) is 2. The minimum absolute atomic E-state index is 0.163. The number of carbonyl (C=O) groups is 1. The van der Waals surface area contributed by atoms with E-state index < -0.39 is 0 Å². The molecule has 0 aliphatic heterocycles. The zero-order chi connectivity index (χ0) is 17.1. The lowest BCUT2D eigenvalue weighted by atomic mass is 10.1. The third-order valence-electron chi connectivity index (χ3n) is 3.72. The van der Waals surface area contributed by atoms with Gasteiger partial charge < -0.3 is 9.88 Å². The number of hydrogen-bond acceptors (Lipinski definition) is 2. The van der Waals surface area contributed by atoms with Crippen molar-refractivity contribution in [1.29, 1.82) is 0 Å². The van der Waals surface area contributed by atoms with Crippen LogP contribution in [0.2, 0.25) is 10.0 Å². The van der Waals surface area contributed by atoms with Crippen LogP contribution in [0.25, 0.3) is 5.69 Å². The zero-order valence-corrected chi connectivity index (χ0v) is 14.4. The van der Waals surface area contributed by atoms with Gasteiger partial charge in [0.1, 0.15) is 0 Å². The van der Waals surface area contributed by atoms with Gasteiger partial charge in [-0.05, 0) is 42.8 Å². The Morgan fingerprint density at radius 2 is 1.92 bits per heavy atom. The predicted octanol–water partition coefficient (Wildman–Crippen LogP) is 4.67. The summed E-state index contributed by atoms with van der Waals surface area (Å²) in [4.78, 5) is 16.4. The summed E-state index contributed by atoms with van der Waals surface area (Å²) in [5.41, 5.74) is 2.36. The van der Waals surface area contributed by atoms with E-state index in [4.69, 9.17) is 23.2 Å². The number of halogens is 2. The molecule has 3 aromatic rings. The van der Waals surface area contributed by atoms with Crippen LogP contribution in [0.3, 0.4) is 0 Å². The number of amides is 1. The molecule has 1 N–H and O–H groups in total. The Bertz CT molecular complexity index is 845. The van der Waals surface area contributed by atoms with E-state index in [-0.39, 0.29) is 11.9 Å². The zero-order valence-electron chi connectivity index (χ0n) is 12.9. The van der Waals surface area contributed by atoms with Gasteiger partial charge >= 0.3 is 0 Å². The van der Waals surface area contributed by atoms with E-state index in [0.717, 1.165) is 11.3 Å². The molecule has 1 unspecified atom stereocenters. The van der Waals surface area contributed by atoms with Crippen LogP contribution in [-0.2, 0) is 0 Å². The maximum absolute atomic E-state index is 12.4. The molecule has 0 saturated heterocycles. The van der Waals surface area contributed by atoms with Gasteiger partial charge in [-0.1, -0.05) is 35.3 Å². The summed E-state index contributed by atoms with van der Waals surface area (Å²) in [5.74, 6) is -0.256. The van der Waals surface area contributed by atoms with Crippen molar-refractivity contribution in [3.63, 3.8) is 0 Å². The number of rotatable bonds is 4. The van der Waals surface area contributed by atoms with Crippen molar-refractivity contribution in [2.24, 2.45) is 0 Å². The first-order valence-electron chi connectivity index (χ1n) is 7.39. The van der Waals surface area contributed by atoms with Crippen molar-refractivity contribution < 1.29 is 4.79 Å². The molecule has 0 fully saturated rings. The molecule has 4 nitrogen and oxygen atoms in total. The van der Waals surface area contributed by atoms with E-state index in [9.17, 15) is 4.79 Å². The van der Waals surface area contributed by atoms with Gasteiger partial charge in [0.05, 0.1) is 23.0 Å². The number of carbonyl (C=O) groups excluding carboxylic acids is 1. The summed E-state index contributed by atoms with van der Waals surface area (Å²) in [7, 11) is 0. The third-order valence-corrected chi connectivity index (χ3v) is 4.28. The van der Waals surface area contributed by atoms with E-state index >= 15 is 0 Å². The number of hydrogen-bond donors (Lipinski definition) is 1. The van der Waals surface area contributed by atoms with Crippen LogP contribution in [-0.4, -0.2) is 15.5 Å². The standard InChI is InChI=1S/C18H15Cl2N3O/c1-12(22-18(24)16-10-14(19)4-7-17(16)20)13-2-5-15(6-3-13)23-9-8-21-11-23/h2-12H,1H3,(H,22,24). The molecule has 1 atom stereocenters. The van der Waals surface area contributed by atoms with E-state index in [1.807, 2.05) is 42.0 Å². The van der Waals surface area contributed by atoms with E-state index in [0.29, 0.717) is 15.6 Å². The Kier molecular flexibility index (Phi) is 4.88. The molecule has 0 spiro atoms. The topological polar surface area (TPSA) is 46.9 Å². The number of imidazole rings is 1. The fourth-order valence-electron chi connectivity index (χ4n) is 2.38. The molecule has 24 heavy (non-hydrogen) atoms. The lowest BCUT2D eigenvalue weighted by Crippen LogP contribution is -2.26. The molecular weight excluding hydrogens is 345 g/mol. The molecule has 0 aliphatic rings. The second kappa shape index (κ2) is 7.07. The van der Waals surface area contributed by atoms with Crippen molar-refractivity contribution >= 4 is 29.1 Å². The molecule has 1 aromatic heterocycles. The molecule has 3 rings (SSSR count). The first-order chi connectivity index (χ1) is 11.5. The van der Waals surface area contributed by atoms with Crippen LogP contribution >= 0.6 is 23.2 Å². The van der Waals surface area contributed by atoms with Gasteiger partial charge in [0.25, 0.3) is 5.91 Å². The van der Waals surface area contributed by atoms with Crippen LogP contribution in [0.15, 0.2) is 61.2 Å². The summed E-state index contributed by atoms with van der Waals surface area (Å²) in [6.45, 7) is 1.92. The van der Waals surface area contributed by atoms with Crippen molar-refractivity contribution in [1.82, 2.24) is 14.9 Å². The van der Waals surface area contributed by atoms with Crippen LogP contribution in [0, 0.1) is 0 Å². The molecule has 1 amide bonds. The molecule has 122 valence electrons. The second-order valence-electron chi connectivity index (χ2n) is 5.38. The fourth-order valence-corrected chi connectivity index (χ4v) is 2.75. The fraction of sp³-hybridized carbons (Fsp3) is 0.111. The minimum Gasteiger partial charge on any atom is -0.345 e. The molecule has 2 aromatic carbocycles. The molecule has 0 bridgehead atoms. The Hall–Kier alpha value is -2.30. The first-order valence-corrected chi connectivity index (χ1v) is 8.14. The largest absolute Gasteiger partial charge is 0.345 e. The van der Waals surface area contributed by atoms with Crippen LogP contribution in [0.1, 0.15) is 28.9 Å². The Morgan fingerprint density at radius 1 is 1.17 bits per heavy atom. The first kappa shape index (κ1) is 16.6. The van der Waals surface area contributed by atoms with E-state index in [2.05, 4.69) is 10.3 Å². The van der Waals surface area contributed by atoms with Gasteiger partial charge in [-0.2, -0.15) is 0 Å². The highest BCUT2D eigenvalue weighted by molar-refractivity contribution is 6.35. The van der Waals surface area contributed by atoms with Gasteiger partial charge in [0.2, 0.25) is 0 Å². The Labute approximate surface area is 150 Å². The lowest BCUT2D eigenvalue weighted by molar-refractivity contribution is 0.0940. The highest BCUT2D eigenvalue weighted by Crippen LogP contribution is 2.22. The predicted molar refractivity (Wildman–Crippen MR) is 95.9 cm³/mol. The van der Waals surface area contributed by atoms with Crippen LogP contribution < -0.4 is 5.32 Å². The summed E-state index contributed by atoms with van der Waals surface area (Å²) < 4.78 is 1.92. The van der Waals surface area contributed by atoms with Crippen LogP contribution in [0.4, 0.5) is 0 Å². The van der Waals surface area contributed by atoms with E-state index in [1.54, 1.807) is 30.7 Å². The molecular formula is C18H15Cl2N3O. The monoisotopic (exact) mass is 359 g/mol. The maximum atomic E-state index is 12.4. The molecule has 0 radical (unpaired) electrons. The van der Waals surface area contributed by atoms with Crippen molar-refractivity contribution in [2.75, 3.05) is 0 Å². The molecule has 0 aliphatic carbocycles. The second-order valence-corrected chi connectivity index (χ2v) is 6.22. The number of aromatic nitrogens is 2. The van der Waals surface area contributed by atoms with Gasteiger partial charge in [-0.15, -0.1) is 0 Å². The van der Waals surface area contributed by atoms with Gasteiger partial charge in [0, 0.05) is 23.1 Å². The SMILES string of the molecule is CC(NC(=O)c1cc(Cl)ccc1Cl)c1ccc(-n2ccnc2)cc1. The highest BCUT2D eigenvalue weighted by Gasteiger charge is 2.15. The third kappa shape index (κ3) is 3.61. The quantitative estimate of drug-likeness (QED) is 0.735. The number of nitrogens with one attached hydrogen (secondary N) is 1. The molecule has 1 heterocycles. The van der Waals surface area contributed by atoms with Gasteiger partial charge in [0.15, 0.2) is 0 Å². The normalized spacial score (nSPS) is 12.0. The highest BCUT2D eigenvalue weighted by atomic mass is 35.5. The minimum atomic E-state index is -0.256. The van der Waals surface area contributed by atoms with E-state index in [1.165, 1.54) is 0 Å². The lowest BCUT2D eigenvalue weighted by Gasteiger charge is -2.16. The average Bonchev–Trinajstić information content (AvgIpc) is 3.11. The number of benzene rings is 2. The Morgan fingerprint density at radius 3 is 2.58 bits per heavy atom. The smallest absolute Gasteiger partial charge is 0.253 e. The maximum Gasteiger partial charge on any atom is 0.253 e. The summed E-state index contributed by atoms with van der Waals surface area (Å²) in [5, 5.41) is 3.78. The molecule has 0 saturated carbocycles. The summed E-state index contributed by atoms with van der Waals surface area (Å²) >= 11 is 12.0. The Balaban J connectivity index is 1.73. The van der Waals surface area contributed by atoms with Crippen LogP contribution in [0.5, 0.6) is 0 Å². The van der Waals surface area contributed by atoms with Gasteiger partial charge in [-0.25, -0.2) is 4.98 Å². The van der Waals surface area contributed by atoms with Gasteiger partial charge in [-0.3, -0.25) is 4.79 Å².